The number of benzene rings is 1. The van der Waals surface area contributed by atoms with Gasteiger partial charge in [-0.2, -0.15) is 5.10 Å². The van der Waals surface area contributed by atoms with Gasteiger partial charge >= 0.3 is 0 Å². The third kappa shape index (κ3) is 1.69. The minimum absolute atomic E-state index is 0.167. The van der Waals surface area contributed by atoms with E-state index < -0.39 is 0 Å². The Hall–Kier alpha value is -1.81. The number of hydrogen-bond donors (Lipinski definition) is 0. The molecular weight excluding hydrogens is 248 g/mol. The van der Waals surface area contributed by atoms with Crippen LogP contribution in [0.5, 0.6) is 0 Å². The Bertz CT molecular complexity index is 696. The van der Waals surface area contributed by atoms with Crippen molar-refractivity contribution in [3.05, 3.63) is 42.4 Å². The molecule has 0 fully saturated rings. The standard InChI is InChI=1S/C13H13ClN4/c1-9(14)13-15-10-5-3-4-6-11(10)18(13)12-7-8-17(2)16-12/h3-9H,1-2H3. The number of rotatable bonds is 2. The third-order valence-electron chi connectivity index (χ3n) is 2.87. The van der Waals surface area contributed by atoms with Gasteiger partial charge in [0.25, 0.3) is 0 Å². The lowest BCUT2D eigenvalue weighted by Crippen LogP contribution is -2.03. The smallest absolute Gasteiger partial charge is 0.160 e. The van der Waals surface area contributed by atoms with E-state index in [2.05, 4.69) is 10.1 Å². The predicted octanol–water partition coefficient (Wildman–Crippen LogP) is 3.06. The summed E-state index contributed by atoms with van der Waals surface area (Å²) in [6.07, 6.45) is 1.91. The lowest BCUT2D eigenvalue weighted by molar-refractivity contribution is 0.744. The lowest BCUT2D eigenvalue weighted by atomic mass is 10.3. The number of aryl methyl sites for hydroxylation is 1. The van der Waals surface area contributed by atoms with Gasteiger partial charge in [0.05, 0.1) is 16.4 Å². The van der Waals surface area contributed by atoms with Crippen LogP contribution in [-0.4, -0.2) is 19.3 Å². The van der Waals surface area contributed by atoms with Gasteiger partial charge in [-0.1, -0.05) is 12.1 Å². The molecule has 0 saturated heterocycles. The summed E-state index contributed by atoms with van der Waals surface area (Å²) in [5, 5.41) is 4.26. The fourth-order valence-corrected chi connectivity index (χ4v) is 2.22. The highest BCUT2D eigenvalue weighted by molar-refractivity contribution is 6.20. The molecule has 0 amide bonds. The van der Waals surface area contributed by atoms with Crippen LogP contribution in [0.25, 0.3) is 16.9 Å². The first-order chi connectivity index (χ1) is 8.66. The molecule has 0 aliphatic rings. The molecule has 2 aromatic heterocycles. The van der Waals surface area contributed by atoms with Crippen molar-refractivity contribution in [1.29, 1.82) is 0 Å². The molecule has 3 rings (SSSR count). The average Bonchev–Trinajstić information content (AvgIpc) is 2.92. The van der Waals surface area contributed by atoms with Crippen LogP contribution in [0, 0.1) is 0 Å². The molecule has 0 N–H and O–H groups in total. The van der Waals surface area contributed by atoms with E-state index in [1.54, 1.807) is 4.68 Å². The van der Waals surface area contributed by atoms with Gasteiger partial charge in [0, 0.05) is 19.3 Å². The van der Waals surface area contributed by atoms with E-state index in [0.29, 0.717) is 0 Å². The van der Waals surface area contributed by atoms with Gasteiger partial charge in [-0.3, -0.25) is 9.25 Å². The molecule has 0 radical (unpaired) electrons. The van der Waals surface area contributed by atoms with E-state index in [1.807, 2.05) is 55.1 Å². The summed E-state index contributed by atoms with van der Waals surface area (Å²) >= 11 is 6.22. The second-order valence-electron chi connectivity index (χ2n) is 4.26. The quantitative estimate of drug-likeness (QED) is 0.664. The average molecular weight is 261 g/mol. The Kier molecular flexibility index (Phi) is 2.59. The molecule has 0 aliphatic carbocycles. The van der Waals surface area contributed by atoms with E-state index in [4.69, 9.17) is 11.6 Å². The molecule has 0 spiro atoms. The summed E-state index contributed by atoms with van der Waals surface area (Å²) in [7, 11) is 1.90. The van der Waals surface area contributed by atoms with Crippen molar-refractivity contribution in [2.75, 3.05) is 0 Å². The summed E-state index contributed by atoms with van der Waals surface area (Å²) < 4.78 is 3.78. The first-order valence-corrected chi connectivity index (χ1v) is 6.22. The van der Waals surface area contributed by atoms with Crippen LogP contribution in [0.4, 0.5) is 0 Å². The van der Waals surface area contributed by atoms with Crippen LogP contribution in [0.1, 0.15) is 18.1 Å². The van der Waals surface area contributed by atoms with Crippen LogP contribution in [0.3, 0.4) is 0 Å². The highest BCUT2D eigenvalue weighted by Gasteiger charge is 2.17. The molecular formula is C13H13ClN4. The van der Waals surface area contributed by atoms with Gasteiger partial charge in [0.1, 0.15) is 5.82 Å². The van der Waals surface area contributed by atoms with Crippen molar-refractivity contribution >= 4 is 22.6 Å². The van der Waals surface area contributed by atoms with Crippen LogP contribution in [-0.2, 0) is 7.05 Å². The Balaban J connectivity index is 2.34. The second-order valence-corrected chi connectivity index (χ2v) is 4.91. The molecule has 2 heterocycles. The molecule has 5 heteroatoms. The molecule has 4 nitrogen and oxygen atoms in total. The highest BCUT2D eigenvalue weighted by atomic mass is 35.5. The maximum Gasteiger partial charge on any atom is 0.160 e. The van der Waals surface area contributed by atoms with Crippen LogP contribution >= 0.6 is 11.6 Å². The lowest BCUT2D eigenvalue weighted by Gasteiger charge is -2.06. The Morgan fingerprint density at radius 1 is 1.22 bits per heavy atom. The van der Waals surface area contributed by atoms with Crippen molar-refractivity contribution in [3.8, 4) is 5.82 Å². The molecule has 0 saturated carbocycles. The van der Waals surface area contributed by atoms with E-state index in [0.717, 1.165) is 22.7 Å². The number of aromatic nitrogens is 4. The highest BCUT2D eigenvalue weighted by Crippen LogP contribution is 2.27. The van der Waals surface area contributed by atoms with Crippen LogP contribution in [0.2, 0.25) is 0 Å². The van der Waals surface area contributed by atoms with Gasteiger partial charge in [0.2, 0.25) is 0 Å². The van der Waals surface area contributed by atoms with Crippen LogP contribution in [0.15, 0.2) is 36.5 Å². The number of para-hydroxylation sites is 2. The number of hydrogen-bond acceptors (Lipinski definition) is 2. The number of nitrogens with zero attached hydrogens (tertiary/aromatic N) is 4. The maximum atomic E-state index is 6.22. The van der Waals surface area contributed by atoms with Crippen molar-refractivity contribution in [2.45, 2.75) is 12.3 Å². The van der Waals surface area contributed by atoms with Gasteiger partial charge in [-0.15, -0.1) is 11.6 Å². The van der Waals surface area contributed by atoms with Crippen molar-refractivity contribution < 1.29 is 0 Å². The first kappa shape index (κ1) is 11.3. The Labute approximate surface area is 110 Å². The number of imidazole rings is 1. The van der Waals surface area contributed by atoms with Crippen LogP contribution < -0.4 is 0 Å². The zero-order chi connectivity index (χ0) is 12.7. The normalized spacial score (nSPS) is 13.1. The second kappa shape index (κ2) is 4.14. The molecule has 3 aromatic rings. The topological polar surface area (TPSA) is 35.6 Å². The van der Waals surface area contributed by atoms with E-state index >= 15 is 0 Å². The SMILES string of the molecule is CC(Cl)c1nc2ccccc2n1-c1ccn(C)n1. The monoisotopic (exact) mass is 260 g/mol. The first-order valence-electron chi connectivity index (χ1n) is 5.78. The van der Waals surface area contributed by atoms with E-state index in [-0.39, 0.29) is 5.38 Å². The Morgan fingerprint density at radius 2 is 2.00 bits per heavy atom. The van der Waals surface area contributed by atoms with Crippen molar-refractivity contribution in [2.24, 2.45) is 7.05 Å². The summed E-state index contributed by atoms with van der Waals surface area (Å²) in [4.78, 5) is 4.58. The number of fused-ring (bicyclic) bond motifs is 1. The fraction of sp³-hybridized carbons (Fsp3) is 0.231. The maximum absolute atomic E-state index is 6.22. The zero-order valence-electron chi connectivity index (χ0n) is 10.2. The van der Waals surface area contributed by atoms with Gasteiger partial charge in [0.15, 0.2) is 5.82 Å². The number of alkyl halides is 1. The molecule has 1 unspecified atom stereocenters. The minimum Gasteiger partial charge on any atom is -0.278 e. The zero-order valence-corrected chi connectivity index (χ0v) is 11.0. The van der Waals surface area contributed by atoms with Crippen molar-refractivity contribution in [3.63, 3.8) is 0 Å². The number of halogens is 1. The molecule has 18 heavy (non-hydrogen) atoms. The van der Waals surface area contributed by atoms with Crippen molar-refractivity contribution in [1.82, 2.24) is 19.3 Å². The molecule has 92 valence electrons. The summed E-state index contributed by atoms with van der Waals surface area (Å²) in [5.41, 5.74) is 1.96. The summed E-state index contributed by atoms with van der Waals surface area (Å²) in [6.45, 7) is 1.92. The largest absolute Gasteiger partial charge is 0.278 e. The summed E-state index contributed by atoms with van der Waals surface area (Å²) in [6, 6.07) is 9.93. The third-order valence-corrected chi connectivity index (χ3v) is 3.07. The van der Waals surface area contributed by atoms with Gasteiger partial charge < -0.3 is 0 Å². The molecule has 0 bridgehead atoms. The van der Waals surface area contributed by atoms with E-state index in [9.17, 15) is 0 Å². The molecule has 1 aromatic carbocycles. The molecule has 1 atom stereocenters. The molecule has 0 aliphatic heterocycles. The fourth-order valence-electron chi connectivity index (χ4n) is 2.07. The predicted molar refractivity (Wildman–Crippen MR) is 72.1 cm³/mol. The Morgan fingerprint density at radius 3 is 2.67 bits per heavy atom. The summed E-state index contributed by atoms with van der Waals surface area (Å²) in [5.74, 6) is 1.66. The minimum atomic E-state index is -0.167. The van der Waals surface area contributed by atoms with E-state index in [1.165, 1.54) is 0 Å². The van der Waals surface area contributed by atoms with Gasteiger partial charge in [-0.25, -0.2) is 4.98 Å². The van der Waals surface area contributed by atoms with Gasteiger partial charge in [-0.05, 0) is 19.1 Å².